The van der Waals surface area contributed by atoms with Crippen LogP contribution in [0.1, 0.15) is 16.8 Å². The Labute approximate surface area is 147 Å². The highest BCUT2D eigenvalue weighted by molar-refractivity contribution is 9.10. The van der Waals surface area contributed by atoms with Gasteiger partial charge >= 0.3 is 0 Å². The van der Waals surface area contributed by atoms with Gasteiger partial charge in [-0.15, -0.1) is 0 Å². The second-order valence-corrected chi connectivity index (χ2v) is 7.54. The number of alkyl halides is 3. The number of nitrogens with one attached hydrogen (secondary N) is 2. The van der Waals surface area contributed by atoms with Gasteiger partial charge in [0, 0.05) is 23.8 Å². The average molecular weight is 419 g/mol. The molecular formula is C13H16BrCl3N2O2. The monoisotopic (exact) mass is 416 g/mol. The molecule has 0 aromatic heterocycles. The van der Waals surface area contributed by atoms with E-state index < -0.39 is 9.96 Å². The topological polar surface area (TPSA) is 50.4 Å². The number of methoxy groups -OCH3 is 1. The van der Waals surface area contributed by atoms with Crippen LogP contribution in [0.4, 0.5) is 0 Å². The normalized spacial score (nSPS) is 13.0. The van der Waals surface area contributed by atoms with Gasteiger partial charge in [0.15, 0.2) is 0 Å². The van der Waals surface area contributed by atoms with Gasteiger partial charge in [-0.25, -0.2) is 0 Å². The van der Waals surface area contributed by atoms with Gasteiger partial charge in [-0.3, -0.25) is 10.1 Å². The Morgan fingerprint density at radius 1 is 1.33 bits per heavy atom. The highest BCUT2D eigenvalue weighted by Gasteiger charge is 2.33. The minimum atomic E-state index is -1.65. The number of rotatable bonds is 7. The van der Waals surface area contributed by atoms with Crippen molar-refractivity contribution in [1.29, 1.82) is 0 Å². The molecule has 0 fully saturated rings. The SMILES string of the molecule is COCCCN[C@H](NC(=O)c1ccc(Br)cc1)C(Cl)(Cl)Cl. The van der Waals surface area contributed by atoms with Gasteiger partial charge in [-0.05, 0) is 37.2 Å². The summed E-state index contributed by atoms with van der Waals surface area (Å²) in [4.78, 5) is 12.1. The molecular weight excluding hydrogens is 402 g/mol. The van der Waals surface area contributed by atoms with Crippen molar-refractivity contribution in [2.75, 3.05) is 20.3 Å². The smallest absolute Gasteiger partial charge is 0.252 e. The van der Waals surface area contributed by atoms with E-state index >= 15 is 0 Å². The van der Waals surface area contributed by atoms with Crippen LogP contribution in [-0.4, -0.2) is 36.1 Å². The third kappa shape index (κ3) is 7.17. The van der Waals surface area contributed by atoms with Crippen LogP contribution < -0.4 is 10.6 Å². The summed E-state index contributed by atoms with van der Waals surface area (Å²) in [7, 11) is 1.61. The highest BCUT2D eigenvalue weighted by Crippen LogP contribution is 2.29. The first-order valence-electron chi connectivity index (χ1n) is 6.20. The van der Waals surface area contributed by atoms with Gasteiger partial charge < -0.3 is 10.1 Å². The molecule has 21 heavy (non-hydrogen) atoms. The Hall–Kier alpha value is -0.0400. The number of hydrogen-bond acceptors (Lipinski definition) is 3. The van der Waals surface area contributed by atoms with E-state index in [0.717, 1.165) is 10.9 Å². The number of halogens is 4. The van der Waals surface area contributed by atoms with E-state index in [4.69, 9.17) is 39.5 Å². The van der Waals surface area contributed by atoms with E-state index in [2.05, 4.69) is 26.6 Å². The fraction of sp³-hybridized carbons (Fsp3) is 0.462. The predicted molar refractivity (Wildman–Crippen MR) is 90.2 cm³/mol. The molecule has 0 heterocycles. The van der Waals surface area contributed by atoms with Crippen molar-refractivity contribution < 1.29 is 9.53 Å². The Bertz CT molecular complexity index is 452. The molecule has 0 aliphatic carbocycles. The van der Waals surface area contributed by atoms with Crippen molar-refractivity contribution in [3.8, 4) is 0 Å². The lowest BCUT2D eigenvalue weighted by Gasteiger charge is -2.26. The van der Waals surface area contributed by atoms with Gasteiger partial charge in [-0.2, -0.15) is 0 Å². The molecule has 0 saturated carbocycles. The molecule has 0 aliphatic rings. The zero-order valence-electron chi connectivity index (χ0n) is 11.3. The van der Waals surface area contributed by atoms with Crippen LogP contribution in [0.5, 0.6) is 0 Å². The van der Waals surface area contributed by atoms with Crippen molar-refractivity contribution in [3.63, 3.8) is 0 Å². The van der Waals surface area contributed by atoms with E-state index in [1.165, 1.54) is 0 Å². The van der Waals surface area contributed by atoms with Gasteiger partial charge in [-0.1, -0.05) is 50.7 Å². The summed E-state index contributed by atoms with van der Waals surface area (Å²) in [6.45, 7) is 1.13. The minimum absolute atomic E-state index is 0.321. The first-order chi connectivity index (χ1) is 9.84. The number of hydrogen-bond donors (Lipinski definition) is 2. The van der Waals surface area contributed by atoms with E-state index in [9.17, 15) is 4.79 Å². The van der Waals surface area contributed by atoms with Gasteiger partial charge in [0.25, 0.3) is 5.91 Å². The second kappa shape index (κ2) is 9.18. The molecule has 4 nitrogen and oxygen atoms in total. The molecule has 1 atom stereocenters. The minimum Gasteiger partial charge on any atom is -0.385 e. The molecule has 0 radical (unpaired) electrons. The van der Waals surface area contributed by atoms with Crippen LogP contribution in [-0.2, 0) is 4.74 Å². The van der Waals surface area contributed by atoms with Crippen LogP contribution in [0.15, 0.2) is 28.7 Å². The number of carbonyl (C=O) groups excluding carboxylic acids is 1. The number of ether oxygens (including phenoxy) is 1. The number of amides is 1. The third-order valence-corrected chi connectivity index (χ3v) is 3.77. The number of carbonyl (C=O) groups is 1. The Balaban J connectivity index is 2.63. The second-order valence-electron chi connectivity index (χ2n) is 4.26. The molecule has 1 rings (SSSR count). The van der Waals surface area contributed by atoms with Crippen molar-refractivity contribution in [3.05, 3.63) is 34.3 Å². The number of benzene rings is 1. The molecule has 8 heteroatoms. The van der Waals surface area contributed by atoms with E-state index in [0.29, 0.717) is 18.7 Å². The molecule has 0 saturated heterocycles. The Morgan fingerprint density at radius 2 is 1.95 bits per heavy atom. The summed E-state index contributed by atoms with van der Waals surface area (Å²) in [6.07, 6.45) is -0.0578. The maximum absolute atomic E-state index is 12.1. The largest absolute Gasteiger partial charge is 0.385 e. The molecule has 0 spiro atoms. The molecule has 0 bridgehead atoms. The van der Waals surface area contributed by atoms with Crippen molar-refractivity contribution >= 4 is 56.6 Å². The fourth-order valence-electron chi connectivity index (χ4n) is 1.53. The molecule has 1 aromatic carbocycles. The summed E-state index contributed by atoms with van der Waals surface area (Å²) in [5, 5.41) is 5.66. The fourth-order valence-corrected chi connectivity index (χ4v) is 2.19. The maximum atomic E-state index is 12.1. The highest BCUT2D eigenvalue weighted by atomic mass is 79.9. The van der Waals surface area contributed by atoms with E-state index in [1.54, 1.807) is 31.4 Å². The average Bonchev–Trinajstić information content (AvgIpc) is 2.41. The summed E-state index contributed by atoms with van der Waals surface area (Å²) in [5.41, 5.74) is 0.483. The molecule has 2 N–H and O–H groups in total. The lowest BCUT2D eigenvalue weighted by Crippen LogP contribution is -2.53. The predicted octanol–water partition coefficient (Wildman–Crippen LogP) is 3.50. The summed E-state index contributed by atoms with van der Waals surface area (Å²) < 4.78 is 4.17. The zero-order valence-corrected chi connectivity index (χ0v) is 15.2. The zero-order chi connectivity index (χ0) is 15.9. The van der Waals surface area contributed by atoms with Crippen LogP contribution in [0, 0.1) is 0 Å². The molecule has 1 amide bonds. The van der Waals surface area contributed by atoms with Crippen LogP contribution in [0.25, 0.3) is 0 Å². The first-order valence-corrected chi connectivity index (χ1v) is 8.12. The van der Waals surface area contributed by atoms with Crippen molar-refractivity contribution in [1.82, 2.24) is 10.6 Å². The standard InChI is InChI=1S/C13H16BrCl3N2O2/c1-21-8-2-7-18-12(13(15,16)17)19-11(20)9-3-5-10(14)6-4-9/h3-6,12,18H,2,7-8H2,1H3,(H,19,20)/t12-/m1/s1. The lowest BCUT2D eigenvalue weighted by atomic mass is 10.2. The summed E-state index contributed by atoms with van der Waals surface area (Å²) in [5.74, 6) is -0.321. The summed E-state index contributed by atoms with van der Waals surface area (Å²) >= 11 is 21.0. The summed E-state index contributed by atoms with van der Waals surface area (Å²) in [6, 6.07) is 6.90. The molecule has 0 aliphatic heterocycles. The third-order valence-electron chi connectivity index (χ3n) is 2.58. The van der Waals surface area contributed by atoms with Crippen LogP contribution in [0.3, 0.4) is 0 Å². The Kier molecular flexibility index (Phi) is 8.31. The van der Waals surface area contributed by atoms with Crippen molar-refractivity contribution in [2.45, 2.75) is 16.4 Å². The first kappa shape index (κ1) is 19.0. The van der Waals surface area contributed by atoms with E-state index in [1.807, 2.05) is 0 Å². The van der Waals surface area contributed by atoms with Crippen LogP contribution >= 0.6 is 50.7 Å². The quantitative estimate of drug-likeness (QED) is 0.405. The van der Waals surface area contributed by atoms with Gasteiger partial charge in [0.05, 0.1) is 0 Å². The van der Waals surface area contributed by atoms with E-state index in [-0.39, 0.29) is 5.91 Å². The Morgan fingerprint density at radius 3 is 2.48 bits per heavy atom. The molecule has 118 valence electrons. The van der Waals surface area contributed by atoms with Crippen LogP contribution in [0.2, 0.25) is 0 Å². The maximum Gasteiger partial charge on any atom is 0.252 e. The molecule has 0 unspecified atom stereocenters. The lowest BCUT2D eigenvalue weighted by molar-refractivity contribution is 0.0929. The van der Waals surface area contributed by atoms with Gasteiger partial charge in [0.2, 0.25) is 3.79 Å². The van der Waals surface area contributed by atoms with Crippen molar-refractivity contribution in [2.24, 2.45) is 0 Å². The molecule has 1 aromatic rings. The van der Waals surface area contributed by atoms with Gasteiger partial charge in [0.1, 0.15) is 6.17 Å².